The third-order valence-electron chi connectivity index (χ3n) is 7.27. The summed E-state index contributed by atoms with van der Waals surface area (Å²) < 4.78 is 7.89. The molecule has 0 aliphatic carbocycles. The third-order valence-corrected chi connectivity index (χ3v) is 7.27. The van der Waals surface area contributed by atoms with Gasteiger partial charge in [0, 0.05) is 54.4 Å². The molecule has 0 bridgehead atoms. The lowest BCUT2D eigenvalue weighted by Crippen LogP contribution is -2.31. The van der Waals surface area contributed by atoms with E-state index in [9.17, 15) is 9.59 Å². The highest BCUT2D eigenvalue weighted by atomic mass is 16.5. The Balaban J connectivity index is 1.64. The van der Waals surface area contributed by atoms with E-state index in [-0.39, 0.29) is 11.9 Å². The monoisotopic (exact) mass is 516 g/mol. The van der Waals surface area contributed by atoms with Crippen molar-refractivity contribution in [3.63, 3.8) is 0 Å². The topological polar surface area (TPSA) is 76.5 Å². The summed E-state index contributed by atoms with van der Waals surface area (Å²) >= 11 is 0. The van der Waals surface area contributed by atoms with Gasteiger partial charge in [-0.15, -0.1) is 0 Å². The molecule has 1 N–H and O–H groups in total. The number of benzene rings is 2. The van der Waals surface area contributed by atoms with Crippen molar-refractivity contribution in [1.29, 1.82) is 0 Å². The van der Waals surface area contributed by atoms with E-state index in [1.807, 2.05) is 50.3 Å². The lowest BCUT2D eigenvalue weighted by Gasteiger charge is -2.12. The van der Waals surface area contributed by atoms with E-state index >= 15 is 0 Å². The number of amides is 1. The number of hydrogen-bond acceptors (Lipinski definition) is 5. The summed E-state index contributed by atoms with van der Waals surface area (Å²) in [5, 5.41) is 6.80. The Labute approximate surface area is 225 Å². The molecule has 0 aliphatic rings. The molecule has 2 aromatic heterocycles. The third kappa shape index (κ3) is 5.99. The van der Waals surface area contributed by atoms with E-state index in [1.165, 1.54) is 25.7 Å². The molecule has 0 radical (unpaired) electrons. The number of nitrogens with zero attached hydrogens (tertiary/aromatic N) is 3. The summed E-state index contributed by atoms with van der Waals surface area (Å²) in [5.41, 5.74) is 3.64. The Morgan fingerprint density at radius 2 is 1.74 bits per heavy atom. The molecule has 0 atom stereocenters. The molecule has 2 heterocycles. The molecule has 202 valence electrons. The zero-order valence-electron chi connectivity index (χ0n) is 23.4. The van der Waals surface area contributed by atoms with Crippen LogP contribution < -0.4 is 10.1 Å². The molecule has 7 heteroatoms. The van der Waals surface area contributed by atoms with Crippen LogP contribution in [0, 0.1) is 6.92 Å². The second-order valence-corrected chi connectivity index (χ2v) is 10.4. The minimum absolute atomic E-state index is 0.180. The van der Waals surface area contributed by atoms with Gasteiger partial charge in [-0.3, -0.25) is 14.6 Å². The van der Waals surface area contributed by atoms with Crippen molar-refractivity contribution >= 4 is 44.5 Å². The summed E-state index contributed by atoms with van der Waals surface area (Å²) in [6.45, 7) is 5.59. The smallest absolute Gasteiger partial charge is 0.311 e. The van der Waals surface area contributed by atoms with Crippen molar-refractivity contribution in [1.82, 2.24) is 19.8 Å². The number of nitrogens with one attached hydrogen (secondary N) is 1. The van der Waals surface area contributed by atoms with Gasteiger partial charge in [0.15, 0.2) is 0 Å². The molecule has 0 unspecified atom stereocenters. The minimum Gasteiger partial charge on any atom is -0.427 e. The molecular weight excluding hydrogens is 476 g/mol. The fraction of sp³-hybridized carbons (Fsp3) is 0.452. The van der Waals surface area contributed by atoms with Crippen molar-refractivity contribution in [2.75, 3.05) is 27.2 Å². The van der Waals surface area contributed by atoms with Gasteiger partial charge < -0.3 is 19.5 Å². The summed E-state index contributed by atoms with van der Waals surface area (Å²) in [7, 11) is 6.00. The van der Waals surface area contributed by atoms with Crippen LogP contribution in [0.25, 0.3) is 32.6 Å². The first-order valence-electron chi connectivity index (χ1n) is 13.8. The van der Waals surface area contributed by atoms with Gasteiger partial charge in [-0.05, 0) is 68.7 Å². The first-order valence-corrected chi connectivity index (χ1v) is 13.8. The second kappa shape index (κ2) is 12.4. The Morgan fingerprint density at radius 1 is 0.974 bits per heavy atom. The highest BCUT2D eigenvalue weighted by Crippen LogP contribution is 2.37. The minimum atomic E-state index is -0.192. The number of hydrogen-bond donors (Lipinski definition) is 1. The molecule has 7 nitrogen and oxygen atoms in total. The molecule has 4 rings (SSSR count). The first-order chi connectivity index (χ1) is 18.3. The van der Waals surface area contributed by atoms with Crippen LogP contribution in [0.2, 0.25) is 0 Å². The van der Waals surface area contributed by atoms with Crippen LogP contribution in [0.3, 0.4) is 0 Å². The van der Waals surface area contributed by atoms with Gasteiger partial charge in [0.2, 0.25) is 0 Å². The molecule has 0 spiro atoms. The number of ether oxygens (including phenoxy) is 1. The Bertz CT molecular complexity index is 1450. The molecular formula is C31H40N4O3. The van der Waals surface area contributed by atoms with E-state index in [0.29, 0.717) is 24.4 Å². The Morgan fingerprint density at radius 3 is 2.50 bits per heavy atom. The number of fused-ring (bicyclic) bond motifs is 4. The standard InChI is InChI=1S/C31H40N4O3/c1-6-7-8-9-10-11-12-28(36)38-22-13-14-27-24(19-22)26-20-25-23(21(2)30(26)35(27)5)15-16-32-29(25)31(37)33-17-18-34(3)4/h13-16,19-20H,6-12,17-18H2,1-5H3,(H,33,37). The summed E-state index contributed by atoms with van der Waals surface area (Å²) in [6.07, 6.45) is 8.92. The van der Waals surface area contributed by atoms with Gasteiger partial charge in [-0.25, -0.2) is 0 Å². The maximum Gasteiger partial charge on any atom is 0.311 e. The zero-order chi connectivity index (χ0) is 27.2. The molecule has 2 aromatic carbocycles. The lowest BCUT2D eigenvalue weighted by atomic mass is 10.00. The van der Waals surface area contributed by atoms with Gasteiger partial charge in [0.1, 0.15) is 11.4 Å². The van der Waals surface area contributed by atoms with Crippen molar-refractivity contribution < 1.29 is 14.3 Å². The van der Waals surface area contributed by atoms with Gasteiger partial charge >= 0.3 is 5.97 Å². The number of carbonyl (C=O) groups excluding carboxylic acids is 2. The number of likely N-dealkylation sites (N-methyl/N-ethyl adjacent to an activating group) is 1. The van der Waals surface area contributed by atoms with Gasteiger partial charge in [-0.1, -0.05) is 39.0 Å². The number of esters is 1. The maximum absolute atomic E-state index is 13.0. The van der Waals surface area contributed by atoms with Crippen molar-refractivity contribution in [3.8, 4) is 5.75 Å². The van der Waals surface area contributed by atoms with Gasteiger partial charge in [0.05, 0.1) is 5.52 Å². The van der Waals surface area contributed by atoms with E-state index in [1.54, 1.807) is 6.20 Å². The highest BCUT2D eigenvalue weighted by molar-refractivity contribution is 6.17. The predicted octanol–water partition coefficient (Wildman–Crippen LogP) is 6.14. The van der Waals surface area contributed by atoms with Crippen LogP contribution in [-0.2, 0) is 11.8 Å². The molecule has 38 heavy (non-hydrogen) atoms. The largest absolute Gasteiger partial charge is 0.427 e. The molecule has 1 amide bonds. The molecule has 0 saturated heterocycles. The number of aryl methyl sites for hydroxylation is 2. The number of unbranched alkanes of at least 4 members (excludes halogenated alkanes) is 5. The summed E-state index contributed by atoms with van der Waals surface area (Å²) in [4.78, 5) is 32.0. The van der Waals surface area contributed by atoms with Crippen LogP contribution in [0.4, 0.5) is 0 Å². The normalized spacial score (nSPS) is 11.6. The maximum atomic E-state index is 13.0. The van der Waals surface area contributed by atoms with Crippen LogP contribution in [0.5, 0.6) is 5.75 Å². The lowest BCUT2D eigenvalue weighted by molar-refractivity contribution is -0.134. The van der Waals surface area contributed by atoms with E-state index in [4.69, 9.17) is 4.74 Å². The second-order valence-electron chi connectivity index (χ2n) is 10.4. The fourth-order valence-electron chi connectivity index (χ4n) is 5.22. The number of rotatable bonds is 12. The zero-order valence-corrected chi connectivity index (χ0v) is 23.4. The van der Waals surface area contributed by atoms with Crippen molar-refractivity contribution in [2.45, 2.75) is 58.8 Å². The quantitative estimate of drug-likeness (QED) is 0.139. The van der Waals surface area contributed by atoms with E-state index < -0.39 is 0 Å². The fourth-order valence-corrected chi connectivity index (χ4v) is 5.22. The predicted molar refractivity (Wildman–Crippen MR) is 155 cm³/mol. The van der Waals surface area contributed by atoms with Gasteiger partial charge in [-0.2, -0.15) is 0 Å². The average molecular weight is 517 g/mol. The highest BCUT2D eigenvalue weighted by Gasteiger charge is 2.19. The SMILES string of the molecule is CCCCCCCCC(=O)Oc1ccc2c(c1)c1cc3c(C(=O)NCCN(C)C)nccc3c(C)c1n2C. The number of carbonyl (C=O) groups is 2. The number of aromatic nitrogens is 2. The summed E-state index contributed by atoms with van der Waals surface area (Å²) in [6, 6.07) is 9.82. The Kier molecular flexibility index (Phi) is 9.00. The Hall–Kier alpha value is -3.45. The van der Waals surface area contributed by atoms with Crippen LogP contribution in [0.15, 0.2) is 36.5 Å². The summed E-state index contributed by atoms with van der Waals surface area (Å²) in [5.74, 6) is 0.176. The van der Waals surface area contributed by atoms with Crippen molar-refractivity contribution in [2.24, 2.45) is 7.05 Å². The van der Waals surface area contributed by atoms with Crippen LogP contribution >= 0.6 is 0 Å². The van der Waals surface area contributed by atoms with E-state index in [2.05, 4.69) is 34.8 Å². The molecule has 0 aliphatic heterocycles. The van der Waals surface area contributed by atoms with E-state index in [0.717, 1.165) is 57.5 Å². The first kappa shape index (κ1) is 27.6. The van der Waals surface area contributed by atoms with Gasteiger partial charge in [0.25, 0.3) is 5.91 Å². The average Bonchev–Trinajstić information content (AvgIpc) is 3.17. The van der Waals surface area contributed by atoms with Crippen molar-refractivity contribution in [3.05, 3.63) is 47.8 Å². The molecule has 4 aromatic rings. The van der Waals surface area contributed by atoms with Crippen LogP contribution in [-0.4, -0.2) is 53.5 Å². The van der Waals surface area contributed by atoms with Crippen LogP contribution in [0.1, 0.15) is 67.9 Å². The number of pyridine rings is 1. The molecule has 0 fully saturated rings. The molecule has 0 saturated carbocycles.